The topological polar surface area (TPSA) is 88.3 Å². The molecule has 0 amide bonds. The van der Waals surface area contributed by atoms with Crippen molar-refractivity contribution < 1.29 is 9.84 Å². The van der Waals surface area contributed by atoms with Gasteiger partial charge in [-0.25, -0.2) is 9.97 Å². The molecule has 2 aromatic heterocycles. The van der Waals surface area contributed by atoms with Crippen LogP contribution < -0.4 is 5.32 Å². The quantitative estimate of drug-likeness (QED) is 0.592. The van der Waals surface area contributed by atoms with E-state index in [1.807, 2.05) is 6.07 Å². The second-order valence-corrected chi connectivity index (χ2v) is 9.64. The van der Waals surface area contributed by atoms with Crippen molar-refractivity contribution in [3.8, 4) is 0 Å². The monoisotopic (exact) mass is 476 g/mol. The first-order valence-electron chi connectivity index (χ1n) is 10.8. The minimum atomic E-state index is -0.445. The summed E-state index contributed by atoms with van der Waals surface area (Å²) in [4.78, 5) is 11.4. The number of aromatic nitrogens is 4. The van der Waals surface area contributed by atoms with Crippen molar-refractivity contribution in [1.29, 1.82) is 0 Å². The fraction of sp³-hybridized carbons (Fsp3) is 0.500. The Labute approximate surface area is 196 Å². The van der Waals surface area contributed by atoms with Crippen molar-refractivity contribution in [3.63, 3.8) is 0 Å². The first-order valence-corrected chi connectivity index (χ1v) is 11.5. The Balaban J connectivity index is 1.36. The number of halogens is 2. The van der Waals surface area contributed by atoms with Gasteiger partial charge in [0.05, 0.1) is 42.3 Å². The van der Waals surface area contributed by atoms with Gasteiger partial charge in [-0.3, -0.25) is 9.58 Å². The van der Waals surface area contributed by atoms with Crippen molar-refractivity contribution in [2.45, 2.75) is 37.3 Å². The number of aliphatic hydroxyl groups is 1. The number of aryl methyl sites for hydroxylation is 1. The number of anilines is 2. The maximum absolute atomic E-state index is 10.4. The van der Waals surface area contributed by atoms with Crippen molar-refractivity contribution in [2.75, 3.05) is 31.6 Å². The fourth-order valence-corrected chi connectivity index (χ4v) is 5.19. The largest absolute Gasteiger partial charge is 0.389 e. The van der Waals surface area contributed by atoms with E-state index in [1.54, 1.807) is 24.1 Å². The molecule has 2 atom stereocenters. The van der Waals surface area contributed by atoms with E-state index in [9.17, 15) is 5.11 Å². The maximum Gasteiger partial charge on any atom is 0.227 e. The van der Waals surface area contributed by atoms with Crippen molar-refractivity contribution in [3.05, 3.63) is 40.3 Å². The number of aliphatic hydroxyl groups excluding tert-OH is 1. The summed E-state index contributed by atoms with van der Waals surface area (Å²) in [6.45, 7) is 4.86. The lowest BCUT2D eigenvalue weighted by Crippen LogP contribution is -2.56. The summed E-state index contributed by atoms with van der Waals surface area (Å²) in [5, 5.41) is 19.8. The summed E-state index contributed by atoms with van der Waals surface area (Å²) in [7, 11) is 1.77. The minimum absolute atomic E-state index is 0.306. The zero-order chi connectivity index (χ0) is 22.5. The van der Waals surface area contributed by atoms with Gasteiger partial charge in [0.1, 0.15) is 5.15 Å². The number of nitrogens with zero attached hydrogens (tertiary/aromatic N) is 5. The van der Waals surface area contributed by atoms with Crippen LogP contribution in [0.5, 0.6) is 0 Å². The number of rotatable bonds is 4. The second-order valence-electron chi connectivity index (χ2n) is 8.87. The molecule has 0 spiro atoms. The lowest BCUT2D eigenvalue weighted by atomic mass is 9.85. The Morgan fingerprint density at radius 2 is 2.00 bits per heavy atom. The molecule has 2 aliphatic rings. The van der Waals surface area contributed by atoms with Crippen LogP contribution in [-0.4, -0.2) is 67.7 Å². The highest BCUT2D eigenvalue weighted by molar-refractivity contribution is 6.32. The van der Waals surface area contributed by atoms with E-state index in [4.69, 9.17) is 27.9 Å². The smallest absolute Gasteiger partial charge is 0.227 e. The van der Waals surface area contributed by atoms with E-state index in [1.165, 1.54) is 0 Å². The minimum Gasteiger partial charge on any atom is -0.389 e. The third-order valence-electron chi connectivity index (χ3n) is 6.86. The normalized spacial score (nSPS) is 25.0. The van der Waals surface area contributed by atoms with Crippen molar-refractivity contribution in [1.82, 2.24) is 24.6 Å². The van der Waals surface area contributed by atoms with Crippen LogP contribution in [-0.2, 0) is 11.8 Å². The Morgan fingerprint density at radius 3 is 2.66 bits per heavy atom. The van der Waals surface area contributed by atoms with E-state index < -0.39 is 6.10 Å². The van der Waals surface area contributed by atoms with Crippen LogP contribution in [0, 0.1) is 0 Å². The van der Waals surface area contributed by atoms with Crippen molar-refractivity contribution >= 4 is 45.7 Å². The molecule has 0 bridgehead atoms. The Kier molecular flexibility index (Phi) is 5.75. The summed E-state index contributed by atoms with van der Waals surface area (Å²) < 4.78 is 7.10. The van der Waals surface area contributed by atoms with E-state index in [-0.39, 0.29) is 5.54 Å². The van der Waals surface area contributed by atoms with Crippen LogP contribution in [0.15, 0.2) is 24.5 Å². The first kappa shape index (κ1) is 21.9. The molecule has 8 nitrogen and oxygen atoms in total. The van der Waals surface area contributed by atoms with Crippen LogP contribution >= 0.6 is 23.2 Å². The van der Waals surface area contributed by atoms with Crippen LogP contribution in [0.3, 0.4) is 0 Å². The van der Waals surface area contributed by atoms with Gasteiger partial charge in [-0.1, -0.05) is 23.2 Å². The fourth-order valence-electron chi connectivity index (χ4n) is 4.72. The number of likely N-dealkylation sites (tertiary alicyclic amines) is 1. The van der Waals surface area contributed by atoms with Gasteiger partial charge in [0.15, 0.2) is 0 Å². The number of fused-ring (bicyclic) bond motifs is 1. The van der Waals surface area contributed by atoms with Gasteiger partial charge in [-0.05, 0) is 56.5 Å². The molecule has 1 aromatic carbocycles. The number of hydrogen-bond acceptors (Lipinski definition) is 7. The third-order valence-corrected chi connectivity index (χ3v) is 7.63. The molecule has 0 radical (unpaired) electrons. The summed E-state index contributed by atoms with van der Waals surface area (Å²) in [6, 6.07) is 4.01. The molecule has 32 heavy (non-hydrogen) atoms. The molecule has 0 saturated carbocycles. The Morgan fingerprint density at radius 1 is 1.22 bits per heavy atom. The number of nitrogens with one attached hydrogen (secondary N) is 1. The summed E-state index contributed by atoms with van der Waals surface area (Å²) in [5.74, 6) is 0.795. The van der Waals surface area contributed by atoms with Crippen LogP contribution in [0.1, 0.15) is 31.2 Å². The van der Waals surface area contributed by atoms with E-state index in [0.717, 1.165) is 47.4 Å². The lowest BCUT2D eigenvalue weighted by Gasteiger charge is -2.43. The van der Waals surface area contributed by atoms with Gasteiger partial charge in [0.25, 0.3) is 0 Å². The highest BCUT2D eigenvalue weighted by Crippen LogP contribution is 2.38. The van der Waals surface area contributed by atoms with Gasteiger partial charge in [-0.15, -0.1) is 0 Å². The average molecular weight is 477 g/mol. The molecule has 10 heteroatoms. The van der Waals surface area contributed by atoms with Gasteiger partial charge < -0.3 is 15.2 Å². The molecule has 5 rings (SSSR count). The van der Waals surface area contributed by atoms with Crippen LogP contribution in [0.4, 0.5) is 11.6 Å². The van der Waals surface area contributed by atoms with Gasteiger partial charge in [0, 0.05) is 23.7 Å². The number of hydrogen-bond donors (Lipinski definition) is 2. The molecule has 2 saturated heterocycles. The molecule has 1 unspecified atom stereocenters. The van der Waals surface area contributed by atoms with Gasteiger partial charge >= 0.3 is 0 Å². The third kappa shape index (κ3) is 3.84. The maximum atomic E-state index is 10.4. The molecule has 2 N–H and O–H groups in total. The predicted octanol–water partition coefficient (Wildman–Crippen LogP) is 3.74. The molecule has 170 valence electrons. The molecular weight excluding hydrogens is 451 g/mol. The first-order chi connectivity index (χ1) is 15.3. The molecule has 3 aromatic rings. The highest BCUT2D eigenvalue weighted by atomic mass is 35.5. The van der Waals surface area contributed by atoms with Crippen LogP contribution in [0.25, 0.3) is 10.9 Å². The molecular formula is C22H26Cl2N6O2. The average Bonchev–Trinajstić information content (AvgIpc) is 3.30. The SMILES string of the molecule is Cn1ncc(Nc2ncc3cc(Cl)c(C4CCN([C@]5(C)COCC5O)CC4)cc3n2)c1Cl. The number of piperidine rings is 1. The predicted molar refractivity (Wildman–Crippen MR) is 125 cm³/mol. The van der Waals surface area contributed by atoms with Gasteiger partial charge in [-0.2, -0.15) is 5.10 Å². The Bertz CT molecular complexity index is 1150. The summed E-state index contributed by atoms with van der Waals surface area (Å²) in [6.07, 6.45) is 4.89. The standard InChI is InChI=1S/C22H26Cl2N6O2/c1-22(12-32-11-19(22)31)30-5-3-13(4-6-30)15-8-17-14(7-16(15)23)9-25-21(27-17)28-18-10-26-29(2)20(18)24/h7-10,13,19,31H,3-6,11-12H2,1-2H3,(H,25,27,28)/t19?,22-/m1/s1. The molecule has 2 aliphatic heterocycles. The van der Waals surface area contributed by atoms with Gasteiger partial charge in [0.2, 0.25) is 5.95 Å². The summed E-state index contributed by atoms with van der Waals surface area (Å²) >= 11 is 12.9. The summed E-state index contributed by atoms with van der Waals surface area (Å²) in [5.41, 5.74) is 2.29. The number of benzene rings is 1. The molecule has 2 fully saturated rings. The number of ether oxygens (including phenoxy) is 1. The van der Waals surface area contributed by atoms with Crippen molar-refractivity contribution in [2.24, 2.45) is 7.05 Å². The van der Waals surface area contributed by atoms with E-state index >= 15 is 0 Å². The lowest BCUT2D eigenvalue weighted by molar-refractivity contribution is -0.00211. The van der Waals surface area contributed by atoms with E-state index in [0.29, 0.717) is 35.9 Å². The molecule has 0 aliphatic carbocycles. The zero-order valence-corrected chi connectivity index (χ0v) is 19.6. The van der Waals surface area contributed by atoms with E-state index in [2.05, 4.69) is 38.3 Å². The molecule has 4 heterocycles. The zero-order valence-electron chi connectivity index (χ0n) is 18.1. The highest BCUT2D eigenvalue weighted by Gasteiger charge is 2.45. The van der Waals surface area contributed by atoms with Crippen LogP contribution in [0.2, 0.25) is 10.2 Å². The second kappa shape index (κ2) is 8.43. The Hall–Kier alpha value is -1.97.